The van der Waals surface area contributed by atoms with Crippen LogP contribution in [0.5, 0.6) is 0 Å². The lowest BCUT2D eigenvalue weighted by atomic mass is 10.2. The molecule has 84 valence electrons. The van der Waals surface area contributed by atoms with Gasteiger partial charge in [0.2, 0.25) is 0 Å². The van der Waals surface area contributed by atoms with Crippen LogP contribution in [0, 0.1) is 5.82 Å². The summed E-state index contributed by atoms with van der Waals surface area (Å²) in [4.78, 5) is 6.97. The molecule has 0 aliphatic heterocycles. The molecule has 4 nitrogen and oxygen atoms in total. The molecule has 0 atom stereocenters. The first-order valence-electron chi connectivity index (χ1n) is 4.63. The van der Waals surface area contributed by atoms with Crippen LogP contribution in [0.15, 0.2) is 24.5 Å². The molecule has 0 fully saturated rings. The summed E-state index contributed by atoms with van der Waals surface area (Å²) in [7, 11) is 0. The Morgan fingerprint density at radius 3 is 3.00 bits per heavy atom. The number of nitrogen functional groups attached to an aromatic ring is 1. The molecular formula is C10H10ClFN4. The number of hydrogen-bond acceptors (Lipinski definition) is 3. The van der Waals surface area contributed by atoms with Crippen LogP contribution >= 0.6 is 11.6 Å². The Kier molecular flexibility index (Phi) is 2.96. The number of H-pyrrole nitrogens is 1. The van der Waals surface area contributed by atoms with Gasteiger partial charge in [-0.25, -0.2) is 9.37 Å². The van der Waals surface area contributed by atoms with Gasteiger partial charge >= 0.3 is 0 Å². The predicted octanol–water partition coefficient (Wildman–Crippen LogP) is 2.40. The van der Waals surface area contributed by atoms with Gasteiger partial charge in [-0.2, -0.15) is 0 Å². The maximum atomic E-state index is 13.0. The summed E-state index contributed by atoms with van der Waals surface area (Å²) < 4.78 is 13.0. The van der Waals surface area contributed by atoms with E-state index in [-0.39, 0.29) is 5.02 Å². The van der Waals surface area contributed by atoms with Gasteiger partial charge in [0, 0.05) is 18.5 Å². The smallest absolute Gasteiger partial charge is 0.143 e. The molecule has 0 radical (unpaired) electrons. The van der Waals surface area contributed by atoms with Crippen molar-refractivity contribution in [2.45, 2.75) is 6.54 Å². The summed E-state index contributed by atoms with van der Waals surface area (Å²) in [6.45, 7) is 0.471. The summed E-state index contributed by atoms with van der Waals surface area (Å²) in [6, 6.07) is 2.64. The number of aromatic amines is 1. The lowest BCUT2D eigenvalue weighted by Crippen LogP contribution is -2.04. The van der Waals surface area contributed by atoms with E-state index in [1.165, 1.54) is 12.1 Å². The number of halogens is 2. The van der Waals surface area contributed by atoms with Crippen molar-refractivity contribution in [3.63, 3.8) is 0 Å². The van der Waals surface area contributed by atoms with Gasteiger partial charge in [-0.15, -0.1) is 0 Å². The molecule has 0 saturated carbocycles. The second kappa shape index (κ2) is 4.40. The van der Waals surface area contributed by atoms with Crippen LogP contribution in [0.3, 0.4) is 0 Å². The first-order chi connectivity index (χ1) is 7.66. The van der Waals surface area contributed by atoms with Gasteiger partial charge in [0.15, 0.2) is 0 Å². The maximum absolute atomic E-state index is 13.0. The number of aromatic nitrogens is 2. The van der Waals surface area contributed by atoms with Crippen LogP contribution in [0.25, 0.3) is 0 Å². The lowest BCUT2D eigenvalue weighted by molar-refractivity contribution is 0.629. The zero-order valence-electron chi connectivity index (χ0n) is 8.30. The number of nitrogens with one attached hydrogen (secondary N) is 2. The molecular weight excluding hydrogens is 231 g/mol. The highest BCUT2D eigenvalue weighted by Crippen LogP contribution is 2.26. The molecule has 1 aromatic carbocycles. The summed E-state index contributed by atoms with van der Waals surface area (Å²) in [5, 5.41) is 3.05. The van der Waals surface area contributed by atoms with Crippen molar-refractivity contribution in [3.8, 4) is 0 Å². The number of imidazole rings is 1. The molecule has 2 rings (SSSR count). The predicted molar refractivity (Wildman–Crippen MR) is 61.7 cm³/mol. The summed E-state index contributed by atoms with van der Waals surface area (Å²) in [5.41, 5.74) is 6.54. The van der Waals surface area contributed by atoms with Crippen LogP contribution in [-0.2, 0) is 6.54 Å². The zero-order chi connectivity index (χ0) is 11.5. The van der Waals surface area contributed by atoms with Crippen LogP contribution < -0.4 is 11.1 Å². The first-order valence-corrected chi connectivity index (χ1v) is 5.01. The van der Waals surface area contributed by atoms with E-state index < -0.39 is 5.82 Å². The Bertz CT molecular complexity index is 484. The summed E-state index contributed by atoms with van der Waals surface area (Å²) >= 11 is 5.65. The molecule has 0 aliphatic carbocycles. The summed E-state index contributed by atoms with van der Waals surface area (Å²) in [6.07, 6.45) is 3.37. The largest absolute Gasteiger partial charge is 0.397 e. The van der Waals surface area contributed by atoms with Crippen LogP contribution in [-0.4, -0.2) is 9.97 Å². The van der Waals surface area contributed by atoms with E-state index in [1.807, 2.05) is 0 Å². The monoisotopic (exact) mass is 240 g/mol. The maximum Gasteiger partial charge on any atom is 0.143 e. The van der Waals surface area contributed by atoms with Crippen molar-refractivity contribution in [2.75, 3.05) is 11.1 Å². The third kappa shape index (κ3) is 2.25. The Balaban J connectivity index is 2.12. The fourth-order valence-corrected chi connectivity index (χ4v) is 1.45. The Hall–Kier alpha value is -1.75. The number of nitrogens with two attached hydrogens (primary N) is 1. The Labute approximate surface area is 96.6 Å². The van der Waals surface area contributed by atoms with Crippen molar-refractivity contribution in [1.82, 2.24) is 9.97 Å². The van der Waals surface area contributed by atoms with E-state index >= 15 is 0 Å². The average Bonchev–Trinajstić information content (AvgIpc) is 2.74. The molecule has 0 amide bonds. The number of anilines is 2. The highest BCUT2D eigenvalue weighted by Gasteiger charge is 2.06. The topological polar surface area (TPSA) is 66.7 Å². The standard InChI is InChI=1S/C10H10ClFN4/c11-6-3-9(8(13)4-7(6)12)16-5-10-14-1-2-15-10/h1-4,16H,5,13H2,(H,14,15). The van der Waals surface area contributed by atoms with E-state index in [0.717, 1.165) is 5.82 Å². The minimum absolute atomic E-state index is 0.0381. The minimum Gasteiger partial charge on any atom is -0.397 e. The van der Waals surface area contributed by atoms with E-state index in [9.17, 15) is 4.39 Å². The van der Waals surface area contributed by atoms with Crippen molar-refractivity contribution >= 4 is 23.0 Å². The van der Waals surface area contributed by atoms with Crippen molar-refractivity contribution in [3.05, 3.63) is 41.2 Å². The van der Waals surface area contributed by atoms with Crippen LogP contribution in [0.4, 0.5) is 15.8 Å². The van der Waals surface area contributed by atoms with Crippen LogP contribution in [0.1, 0.15) is 5.82 Å². The van der Waals surface area contributed by atoms with Crippen molar-refractivity contribution < 1.29 is 4.39 Å². The second-order valence-corrected chi connectivity index (χ2v) is 3.65. The zero-order valence-corrected chi connectivity index (χ0v) is 9.05. The van der Waals surface area contributed by atoms with Gasteiger partial charge in [0.25, 0.3) is 0 Å². The first kappa shape index (κ1) is 10.8. The van der Waals surface area contributed by atoms with E-state index in [1.54, 1.807) is 12.4 Å². The third-order valence-electron chi connectivity index (χ3n) is 2.09. The lowest BCUT2D eigenvalue weighted by Gasteiger charge is -2.08. The van der Waals surface area contributed by atoms with E-state index in [0.29, 0.717) is 17.9 Å². The van der Waals surface area contributed by atoms with Gasteiger partial charge in [-0.3, -0.25) is 0 Å². The number of nitrogens with zero attached hydrogens (tertiary/aromatic N) is 1. The number of benzene rings is 1. The minimum atomic E-state index is -0.525. The molecule has 2 aromatic rings. The van der Waals surface area contributed by atoms with E-state index in [2.05, 4.69) is 15.3 Å². The van der Waals surface area contributed by atoms with Gasteiger partial charge in [-0.05, 0) is 6.07 Å². The van der Waals surface area contributed by atoms with Gasteiger partial charge in [0.1, 0.15) is 11.6 Å². The van der Waals surface area contributed by atoms with E-state index in [4.69, 9.17) is 17.3 Å². The van der Waals surface area contributed by atoms with Crippen LogP contribution in [0.2, 0.25) is 5.02 Å². The SMILES string of the molecule is Nc1cc(F)c(Cl)cc1NCc1ncc[nH]1. The number of rotatable bonds is 3. The highest BCUT2D eigenvalue weighted by molar-refractivity contribution is 6.31. The Morgan fingerprint density at radius 2 is 2.31 bits per heavy atom. The van der Waals surface area contributed by atoms with Gasteiger partial charge in [-0.1, -0.05) is 11.6 Å². The molecule has 16 heavy (non-hydrogen) atoms. The number of hydrogen-bond donors (Lipinski definition) is 3. The third-order valence-corrected chi connectivity index (χ3v) is 2.38. The molecule has 1 aromatic heterocycles. The molecule has 0 spiro atoms. The fraction of sp³-hybridized carbons (Fsp3) is 0.100. The molecule has 6 heteroatoms. The van der Waals surface area contributed by atoms with Crippen molar-refractivity contribution in [2.24, 2.45) is 0 Å². The van der Waals surface area contributed by atoms with Crippen molar-refractivity contribution in [1.29, 1.82) is 0 Å². The van der Waals surface area contributed by atoms with Gasteiger partial charge in [0.05, 0.1) is 22.9 Å². The normalized spacial score (nSPS) is 10.4. The molecule has 0 unspecified atom stereocenters. The molecule has 0 saturated heterocycles. The molecule has 0 bridgehead atoms. The molecule has 4 N–H and O–H groups in total. The second-order valence-electron chi connectivity index (χ2n) is 3.24. The summed E-state index contributed by atoms with van der Waals surface area (Å²) in [5.74, 6) is 0.238. The highest BCUT2D eigenvalue weighted by atomic mass is 35.5. The van der Waals surface area contributed by atoms with Gasteiger partial charge < -0.3 is 16.0 Å². The quantitative estimate of drug-likeness (QED) is 0.722. The average molecular weight is 241 g/mol. The molecule has 1 heterocycles. The Morgan fingerprint density at radius 1 is 1.50 bits per heavy atom. The molecule has 0 aliphatic rings. The fourth-order valence-electron chi connectivity index (χ4n) is 1.29.